The van der Waals surface area contributed by atoms with Gasteiger partial charge in [-0.15, -0.1) is 0 Å². The lowest BCUT2D eigenvalue weighted by molar-refractivity contribution is -0.211. The molecule has 6 fully saturated rings. The highest BCUT2D eigenvalue weighted by Crippen LogP contribution is 2.70. The fourth-order valence-corrected chi connectivity index (χ4v) is 7.73. The van der Waals surface area contributed by atoms with Crippen molar-refractivity contribution in [3.63, 3.8) is 0 Å². The van der Waals surface area contributed by atoms with Gasteiger partial charge in [-0.2, -0.15) is 4.98 Å². The number of amides is 1. The topological polar surface area (TPSA) is 85.0 Å². The van der Waals surface area contributed by atoms with Gasteiger partial charge in [-0.1, -0.05) is 38.1 Å². The number of benzene rings is 1. The summed E-state index contributed by atoms with van der Waals surface area (Å²) >= 11 is 0. The van der Waals surface area contributed by atoms with Crippen LogP contribution in [0.15, 0.2) is 41.2 Å². The summed E-state index contributed by atoms with van der Waals surface area (Å²) in [5.74, 6) is 2.27. The number of halogens is 1. The van der Waals surface area contributed by atoms with E-state index in [1.165, 1.54) is 0 Å². The summed E-state index contributed by atoms with van der Waals surface area (Å²) in [6, 6.07) is 7.99. The Bertz CT molecular complexity index is 1430. The molecule has 7 nitrogen and oxygen atoms in total. The molecule has 0 spiro atoms. The van der Waals surface area contributed by atoms with Gasteiger partial charge in [0.15, 0.2) is 11.6 Å². The zero-order valence-corrected chi connectivity index (χ0v) is 24.0. The van der Waals surface area contributed by atoms with Crippen molar-refractivity contribution < 1.29 is 13.7 Å². The second-order valence-corrected chi connectivity index (χ2v) is 14.4. The average Bonchev–Trinajstić information content (AvgIpc) is 3.43. The van der Waals surface area contributed by atoms with Crippen molar-refractivity contribution in [2.75, 3.05) is 11.4 Å². The SMILES string of the molecule is Cc1cnc(-c2cccc(N(CC34CCC(c5noc(C(C)(C)C)n5)(CC3)CC4)C(=O)C34CC(F)(C3)C4)c2)nc1. The zero-order valence-electron chi connectivity index (χ0n) is 24.0. The van der Waals surface area contributed by atoms with Crippen molar-refractivity contribution >= 4 is 11.6 Å². The molecule has 0 unspecified atom stereocenters. The minimum atomic E-state index is -1.12. The van der Waals surface area contributed by atoms with Crippen molar-refractivity contribution in [3.05, 3.63) is 53.9 Å². The molecule has 3 aromatic rings. The van der Waals surface area contributed by atoms with Crippen LogP contribution in [0.2, 0.25) is 0 Å². The fraction of sp³-hybridized carbons (Fsp3) is 0.594. The molecule has 0 atom stereocenters. The van der Waals surface area contributed by atoms with E-state index in [9.17, 15) is 9.18 Å². The molecule has 2 aromatic heterocycles. The van der Waals surface area contributed by atoms with Gasteiger partial charge in [0, 0.05) is 41.0 Å². The molecule has 210 valence electrons. The van der Waals surface area contributed by atoms with Crippen molar-refractivity contribution in [1.82, 2.24) is 20.1 Å². The third-order valence-corrected chi connectivity index (χ3v) is 10.3. The Labute approximate surface area is 235 Å². The summed E-state index contributed by atoms with van der Waals surface area (Å²) in [5.41, 5.74) is 0.891. The first kappa shape index (κ1) is 25.8. The lowest BCUT2D eigenvalue weighted by Crippen LogP contribution is -2.71. The first-order chi connectivity index (χ1) is 18.9. The predicted octanol–water partition coefficient (Wildman–Crippen LogP) is 6.65. The summed E-state index contributed by atoms with van der Waals surface area (Å²) in [4.78, 5) is 30.0. The lowest BCUT2D eigenvalue weighted by Gasteiger charge is -2.65. The average molecular weight is 544 g/mol. The van der Waals surface area contributed by atoms with Gasteiger partial charge in [0.2, 0.25) is 11.8 Å². The van der Waals surface area contributed by atoms with Crippen LogP contribution in [0.5, 0.6) is 0 Å². The molecule has 0 saturated heterocycles. The van der Waals surface area contributed by atoms with Crippen molar-refractivity contribution in [3.8, 4) is 11.4 Å². The van der Waals surface area contributed by atoms with Crippen LogP contribution in [0, 0.1) is 17.8 Å². The number of carbonyl (C=O) groups excluding carboxylic acids is 1. The number of aryl methyl sites for hydroxylation is 1. The Balaban J connectivity index is 1.16. The van der Waals surface area contributed by atoms with Crippen LogP contribution in [0.4, 0.5) is 10.1 Å². The smallest absolute Gasteiger partial charge is 0.233 e. The number of alkyl halides is 1. The molecule has 0 N–H and O–H groups in total. The molecule has 4 bridgehead atoms. The predicted molar refractivity (Wildman–Crippen MR) is 149 cm³/mol. The van der Waals surface area contributed by atoms with Gasteiger partial charge in [-0.25, -0.2) is 14.4 Å². The van der Waals surface area contributed by atoms with Crippen LogP contribution >= 0.6 is 0 Å². The van der Waals surface area contributed by atoms with Crippen LogP contribution in [0.1, 0.15) is 95.8 Å². The van der Waals surface area contributed by atoms with Gasteiger partial charge in [-0.05, 0) is 87.8 Å². The van der Waals surface area contributed by atoms with Crippen LogP contribution in [0.3, 0.4) is 0 Å². The molecular formula is C32H38FN5O2. The normalized spacial score (nSPS) is 32.3. The van der Waals surface area contributed by atoms with Crippen molar-refractivity contribution in [2.45, 2.75) is 102 Å². The van der Waals surface area contributed by atoms with Crippen LogP contribution in [0.25, 0.3) is 11.4 Å². The maximum atomic E-state index is 14.5. The van der Waals surface area contributed by atoms with Crippen LogP contribution in [-0.2, 0) is 15.6 Å². The number of anilines is 1. The number of rotatable bonds is 6. The van der Waals surface area contributed by atoms with Gasteiger partial charge in [0.05, 0.1) is 5.41 Å². The van der Waals surface area contributed by atoms with Gasteiger partial charge in [0.25, 0.3) is 0 Å². The molecule has 9 rings (SSSR count). The fourth-order valence-electron chi connectivity index (χ4n) is 7.73. The molecule has 1 aromatic carbocycles. The minimum Gasteiger partial charge on any atom is -0.339 e. The van der Waals surface area contributed by atoms with Crippen molar-refractivity contribution in [1.29, 1.82) is 0 Å². The summed E-state index contributed by atoms with van der Waals surface area (Å²) in [5, 5.41) is 4.44. The molecular weight excluding hydrogens is 505 g/mol. The quantitative estimate of drug-likeness (QED) is 0.346. The molecule has 0 radical (unpaired) electrons. The number of nitrogens with zero attached hydrogens (tertiary/aromatic N) is 5. The Morgan fingerprint density at radius 3 is 2.25 bits per heavy atom. The van der Waals surface area contributed by atoms with E-state index >= 15 is 0 Å². The summed E-state index contributed by atoms with van der Waals surface area (Å²) in [6.07, 6.45) is 10.7. The highest BCUT2D eigenvalue weighted by molar-refractivity contribution is 6.00. The summed E-state index contributed by atoms with van der Waals surface area (Å²) in [7, 11) is 0. The number of hydrogen-bond donors (Lipinski definition) is 0. The largest absolute Gasteiger partial charge is 0.339 e. The van der Waals surface area contributed by atoms with E-state index in [0.717, 1.165) is 61.2 Å². The third-order valence-electron chi connectivity index (χ3n) is 10.3. The van der Waals surface area contributed by atoms with Crippen molar-refractivity contribution in [2.24, 2.45) is 10.8 Å². The van der Waals surface area contributed by atoms with Crippen LogP contribution < -0.4 is 4.90 Å². The maximum Gasteiger partial charge on any atom is 0.233 e. The van der Waals surface area contributed by atoms with Crippen LogP contribution in [-0.4, -0.2) is 38.2 Å². The van der Waals surface area contributed by atoms with E-state index in [1.54, 1.807) is 0 Å². The van der Waals surface area contributed by atoms with Gasteiger partial charge in [-0.3, -0.25) is 4.79 Å². The summed E-state index contributed by atoms with van der Waals surface area (Å²) < 4.78 is 20.2. The molecule has 6 saturated carbocycles. The first-order valence-corrected chi connectivity index (χ1v) is 14.7. The molecule has 1 amide bonds. The lowest BCUT2D eigenvalue weighted by atomic mass is 9.41. The molecule has 6 aliphatic rings. The Hall–Kier alpha value is -3.16. The van der Waals surface area contributed by atoms with Gasteiger partial charge in [0.1, 0.15) is 5.67 Å². The molecule has 2 heterocycles. The Kier molecular flexibility index (Phi) is 5.43. The second kappa shape index (κ2) is 8.43. The standard InChI is InChI=1S/C32H38FN5O2/c1-21-15-34-24(35-16-21)22-6-5-7-23(14-22)38(27(39)31-17-32(33,18-31)19-31)20-29-8-11-30(12-9-29,13-10-29)25-36-26(40-37-25)28(2,3)4/h5-7,14-16H,8-13,17-20H2,1-4H3. The number of carbonyl (C=O) groups is 1. The Morgan fingerprint density at radius 2 is 1.68 bits per heavy atom. The third kappa shape index (κ3) is 4.00. The number of fused-ring (bicyclic) bond motifs is 3. The molecule has 0 aliphatic heterocycles. The van der Waals surface area contributed by atoms with Gasteiger partial charge < -0.3 is 9.42 Å². The summed E-state index contributed by atoms with van der Waals surface area (Å²) in [6.45, 7) is 8.90. The Morgan fingerprint density at radius 1 is 1.02 bits per heavy atom. The van der Waals surface area contributed by atoms with E-state index in [1.807, 2.05) is 48.5 Å². The van der Waals surface area contributed by atoms with E-state index in [2.05, 4.69) is 35.9 Å². The minimum absolute atomic E-state index is 0.0291. The number of hydrogen-bond acceptors (Lipinski definition) is 6. The first-order valence-electron chi connectivity index (χ1n) is 14.7. The van der Waals surface area contributed by atoms with Gasteiger partial charge >= 0.3 is 0 Å². The molecule has 8 heteroatoms. The van der Waals surface area contributed by atoms with E-state index < -0.39 is 11.1 Å². The van der Waals surface area contributed by atoms with E-state index in [4.69, 9.17) is 9.51 Å². The van der Waals surface area contributed by atoms with E-state index in [0.29, 0.717) is 37.5 Å². The number of aromatic nitrogens is 4. The molecule has 6 aliphatic carbocycles. The second-order valence-electron chi connectivity index (χ2n) is 14.4. The zero-order chi connectivity index (χ0) is 28.0. The van der Waals surface area contributed by atoms with E-state index in [-0.39, 0.29) is 22.2 Å². The highest BCUT2D eigenvalue weighted by atomic mass is 19.1. The maximum absolute atomic E-state index is 14.5. The monoisotopic (exact) mass is 543 g/mol. The molecule has 40 heavy (non-hydrogen) atoms. The highest BCUT2D eigenvalue weighted by Gasteiger charge is 2.73.